The summed E-state index contributed by atoms with van der Waals surface area (Å²) in [6.45, 7) is 18.0. The second-order valence-corrected chi connectivity index (χ2v) is 19.5. The zero-order chi connectivity index (χ0) is 34.8. The molecular formula is C31H53Na3O12S3. The molecule has 0 radical (unpaired) electrons. The van der Waals surface area contributed by atoms with Crippen LogP contribution in [0.2, 0.25) is 0 Å². The summed E-state index contributed by atoms with van der Waals surface area (Å²) in [5.74, 6) is 1.33. The van der Waals surface area contributed by atoms with E-state index in [-0.39, 0.29) is 137 Å². The van der Waals surface area contributed by atoms with Crippen molar-refractivity contribution in [3.8, 4) is 0 Å². The van der Waals surface area contributed by atoms with E-state index in [0.717, 1.165) is 38.5 Å². The van der Waals surface area contributed by atoms with E-state index in [1.165, 1.54) is 0 Å². The van der Waals surface area contributed by atoms with Crippen LogP contribution < -0.4 is 88.7 Å². The standard InChI is InChI=1S/C31H56O12S3.3Na/c1-18(2)29(5,6)20(4)10-9-19(3)22-11-12-23-21-15-26(41-44(32,33)34)25-16-27(42-45(35,36)37)28(43-46(38,39)40)17-31(25,8)24(21)13-14-30(22,23)7;;;/h18-28H,9-17H2,1-8H3,(H,32,33,34)(H,35,36,37)(H,38,39,40);;;/q;3*+1/p-3/t19-,20?,21+,22-,23+,24+,25-,26+,27+,28+,30-,31-;;;/m1.../s1. The molecule has 0 aromatic heterocycles. The maximum Gasteiger partial charge on any atom is 1.00 e. The summed E-state index contributed by atoms with van der Waals surface area (Å²) < 4.78 is 120. The van der Waals surface area contributed by atoms with Gasteiger partial charge < -0.3 is 13.7 Å². The van der Waals surface area contributed by atoms with E-state index in [1.54, 1.807) is 0 Å². The first-order chi connectivity index (χ1) is 20.8. The molecule has 0 bridgehead atoms. The van der Waals surface area contributed by atoms with Gasteiger partial charge in [-0.05, 0) is 115 Å². The van der Waals surface area contributed by atoms with Crippen LogP contribution in [0.1, 0.15) is 113 Å². The molecule has 4 aliphatic rings. The molecule has 0 amide bonds. The van der Waals surface area contributed by atoms with Gasteiger partial charge in [-0.25, -0.2) is 25.3 Å². The van der Waals surface area contributed by atoms with Crippen LogP contribution in [0.4, 0.5) is 0 Å². The predicted octanol–water partition coefficient (Wildman–Crippen LogP) is -3.85. The number of rotatable bonds is 12. The zero-order valence-corrected chi connectivity index (χ0v) is 39.8. The topological polar surface area (TPSA) is 199 Å². The van der Waals surface area contributed by atoms with Crippen molar-refractivity contribution in [1.29, 1.82) is 0 Å². The van der Waals surface area contributed by atoms with Gasteiger partial charge in [0, 0.05) is 0 Å². The SMILES string of the molecule is CC(C)C(C)(C)C(C)CC[C@@H](C)[C@H]1CC[C@H]2[C@@H]3C[C@H](OS(=O)(=O)[O-])[C@H]4C[C@H](OS(=O)(=O)[O-])[C@@H](OS(=O)(=O)[O-])C[C@]4(C)[C@H]3CC[C@]12C.[Na+].[Na+].[Na+]. The van der Waals surface area contributed by atoms with Gasteiger partial charge in [0.05, 0.1) is 6.10 Å². The van der Waals surface area contributed by atoms with E-state index < -0.39 is 60.8 Å². The average Bonchev–Trinajstić information content (AvgIpc) is 3.22. The molecule has 12 nitrogen and oxygen atoms in total. The van der Waals surface area contributed by atoms with Gasteiger partial charge in [-0.15, -0.1) is 0 Å². The predicted molar refractivity (Wildman–Crippen MR) is 166 cm³/mol. The van der Waals surface area contributed by atoms with Crippen molar-refractivity contribution < 1.29 is 140 Å². The summed E-state index contributed by atoms with van der Waals surface area (Å²) in [6, 6.07) is 0. The van der Waals surface area contributed by atoms with Crippen molar-refractivity contribution in [1.82, 2.24) is 0 Å². The van der Waals surface area contributed by atoms with Gasteiger partial charge in [-0.1, -0.05) is 61.8 Å². The Kier molecular flexibility index (Phi) is 18.0. The van der Waals surface area contributed by atoms with Gasteiger partial charge in [-0.2, -0.15) is 0 Å². The molecule has 0 saturated heterocycles. The quantitative estimate of drug-likeness (QED) is 0.106. The summed E-state index contributed by atoms with van der Waals surface area (Å²) in [6.07, 6.45) is 1.13. The first-order valence-corrected chi connectivity index (χ1v) is 20.7. The summed E-state index contributed by atoms with van der Waals surface area (Å²) in [4.78, 5) is 0. The van der Waals surface area contributed by atoms with Crippen LogP contribution in [-0.4, -0.2) is 57.2 Å². The van der Waals surface area contributed by atoms with Crippen LogP contribution in [-0.2, 0) is 43.7 Å². The molecule has 49 heavy (non-hydrogen) atoms. The zero-order valence-electron chi connectivity index (χ0n) is 31.3. The van der Waals surface area contributed by atoms with Crippen LogP contribution in [0.25, 0.3) is 0 Å². The minimum atomic E-state index is -5.35. The fourth-order valence-corrected chi connectivity index (χ4v) is 12.2. The third kappa shape index (κ3) is 11.4. The smallest absolute Gasteiger partial charge is 0.726 e. The van der Waals surface area contributed by atoms with Crippen molar-refractivity contribution in [3.63, 3.8) is 0 Å². The Morgan fingerprint density at radius 3 is 1.67 bits per heavy atom. The number of hydrogen-bond acceptors (Lipinski definition) is 12. The average molecular weight is 783 g/mol. The fraction of sp³-hybridized carbons (Fsp3) is 1.00. The summed E-state index contributed by atoms with van der Waals surface area (Å²) in [5, 5.41) is 0. The molecule has 0 N–H and O–H groups in total. The minimum Gasteiger partial charge on any atom is -0.726 e. The van der Waals surface area contributed by atoms with Gasteiger partial charge in [0.25, 0.3) is 0 Å². The normalized spacial score (nSPS) is 37.7. The van der Waals surface area contributed by atoms with E-state index >= 15 is 0 Å². The molecule has 0 spiro atoms. The van der Waals surface area contributed by atoms with Crippen molar-refractivity contribution in [2.24, 2.45) is 63.6 Å². The molecule has 4 saturated carbocycles. The minimum absolute atomic E-state index is 0. The van der Waals surface area contributed by atoms with Crippen LogP contribution in [0.3, 0.4) is 0 Å². The van der Waals surface area contributed by atoms with E-state index in [0.29, 0.717) is 23.7 Å². The number of hydrogen-bond donors (Lipinski definition) is 0. The fourth-order valence-electron chi connectivity index (χ4n) is 10.6. The summed E-state index contributed by atoms with van der Waals surface area (Å²) in [7, 11) is -15.8. The van der Waals surface area contributed by atoms with Crippen LogP contribution in [0.5, 0.6) is 0 Å². The molecule has 0 aromatic carbocycles. The Balaban J connectivity index is 0.00000400. The monoisotopic (exact) mass is 782 g/mol. The number of fused-ring (bicyclic) bond motifs is 5. The largest absolute Gasteiger partial charge is 1.00 e. The molecule has 0 aromatic rings. The Hall–Kier alpha value is 2.61. The van der Waals surface area contributed by atoms with Crippen LogP contribution in [0, 0.1) is 63.6 Å². The molecule has 4 aliphatic carbocycles. The Morgan fingerprint density at radius 2 is 1.16 bits per heavy atom. The molecule has 270 valence electrons. The van der Waals surface area contributed by atoms with Crippen molar-refractivity contribution >= 4 is 31.2 Å². The van der Waals surface area contributed by atoms with Crippen molar-refractivity contribution in [3.05, 3.63) is 0 Å². The Bertz CT molecular complexity index is 1440. The van der Waals surface area contributed by atoms with Gasteiger partial charge >= 0.3 is 88.7 Å². The van der Waals surface area contributed by atoms with E-state index in [4.69, 9.17) is 8.37 Å². The second kappa shape index (κ2) is 17.8. The molecule has 1 unspecified atom stereocenters. The first kappa shape index (κ1) is 49.6. The summed E-state index contributed by atoms with van der Waals surface area (Å²) >= 11 is 0. The third-order valence-corrected chi connectivity index (χ3v) is 15.4. The molecule has 0 heterocycles. The maximum absolute atomic E-state index is 12.0. The summed E-state index contributed by atoms with van der Waals surface area (Å²) in [5.41, 5.74) is -0.713. The Labute approximate surface area is 362 Å². The molecule has 4 rings (SSSR count). The Morgan fingerprint density at radius 1 is 0.673 bits per heavy atom. The van der Waals surface area contributed by atoms with Gasteiger partial charge in [0.1, 0.15) is 12.2 Å². The van der Waals surface area contributed by atoms with Crippen LogP contribution >= 0.6 is 0 Å². The maximum atomic E-state index is 12.0. The van der Waals surface area contributed by atoms with Crippen LogP contribution in [0.15, 0.2) is 0 Å². The van der Waals surface area contributed by atoms with E-state index in [1.807, 2.05) is 6.92 Å². The van der Waals surface area contributed by atoms with E-state index in [9.17, 15) is 38.9 Å². The second-order valence-electron chi connectivity index (χ2n) is 16.5. The molecule has 4 fully saturated rings. The molecular weight excluding hydrogens is 730 g/mol. The van der Waals surface area contributed by atoms with E-state index in [2.05, 4.69) is 52.6 Å². The van der Waals surface area contributed by atoms with Crippen molar-refractivity contribution in [2.45, 2.75) is 131 Å². The third-order valence-electron chi connectivity index (χ3n) is 13.9. The van der Waals surface area contributed by atoms with Gasteiger partial charge in [0.2, 0.25) is 31.2 Å². The van der Waals surface area contributed by atoms with Crippen molar-refractivity contribution in [2.75, 3.05) is 0 Å². The first-order valence-electron chi connectivity index (χ1n) is 16.7. The van der Waals surface area contributed by atoms with Gasteiger partial charge in [-0.3, -0.25) is 12.5 Å². The molecule has 18 heteroatoms. The molecule has 0 aliphatic heterocycles. The molecule has 12 atom stereocenters. The van der Waals surface area contributed by atoms with Gasteiger partial charge in [0.15, 0.2) is 0 Å².